The van der Waals surface area contributed by atoms with Gasteiger partial charge in [0.25, 0.3) is 0 Å². The fraction of sp³-hybridized carbons (Fsp3) is 0. The van der Waals surface area contributed by atoms with Crippen LogP contribution >= 0.6 is 27.5 Å². The molecule has 1 heterocycles. The van der Waals surface area contributed by atoms with E-state index in [1.807, 2.05) is 48.6 Å². The second-order valence-electron chi connectivity index (χ2n) is 3.28. The van der Waals surface area contributed by atoms with Crippen LogP contribution in [0.4, 0.5) is 0 Å². The fourth-order valence-corrected chi connectivity index (χ4v) is 1.82. The van der Waals surface area contributed by atoms with Crippen molar-refractivity contribution in [3.05, 3.63) is 63.3 Å². The molecule has 1 aromatic carbocycles. The van der Waals surface area contributed by atoms with Crippen molar-refractivity contribution in [1.82, 2.24) is 4.98 Å². The zero-order chi connectivity index (χ0) is 11.4. The second kappa shape index (κ2) is 5.28. The van der Waals surface area contributed by atoms with E-state index in [0.29, 0.717) is 5.15 Å². The third kappa shape index (κ3) is 2.94. The molecule has 0 aliphatic heterocycles. The first-order valence-corrected chi connectivity index (χ1v) is 5.97. The van der Waals surface area contributed by atoms with Gasteiger partial charge in [-0.2, -0.15) is 0 Å². The monoisotopic (exact) mass is 293 g/mol. The van der Waals surface area contributed by atoms with E-state index < -0.39 is 0 Å². The number of pyridine rings is 1. The van der Waals surface area contributed by atoms with E-state index in [-0.39, 0.29) is 0 Å². The molecular weight excluding hydrogens is 286 g/mol. The van der Waals surface area contributed by atoms with Crippen LogP contribution in [0.2, 0.25) is 5.15 Å². The van der Waals surface area contributed by atoms with Gasteiger partial charge in [-0.1, -0.05) is 54.1 Å². The highest BCUT2D eigenvalue weighted by Gasteiger charge is 1.98. The summed E-state index contributed by atoms with van der Waals surface area (Å²) in [7, 11) is 0. The maximum absolute atomic E-state index is 5.98. The molecule has 0 spiro atoms. The molecular formula is C13H9BrClN. The minimum atomic E-state index is 0.510. The molecule has 1 aromatic heterocycles. The van der Waals surface area contributed by atoms with E-state index in [2.05, 4.69) is 20.9 Å². The Hall–Kier alpha value is -1.12. The lowest BCUT2D eigenvalue weighted by Crippen LogP contribution is -1.80. The number of rotatable bonds is 2. The molecule has 2 aromatic rings. The van der Waals surface area contributed by atoms with Crippen molar-refractivity contribution in [2.75, 3.05) is 0 Å². The number of hydrogen-bond donors (Lipinski definition) is 0. The molecule has 2 rings (SSSR count). The van der Waals surface area contributed by atoms with E-state index in [1.54, 1.807) is 6.20 Å². The Morgan fingerprint density at radius 1 is 1.12 bits per heavy atom. The van der Waals surface area contributed by atoms with Gasteiger partial charge in [0.1, 0.15) is 5.15 Å². The van der Waals surface area contributed by atoms with Crippen molar-refractivity contribution in [3.8, 4) is 0 Å². The van der Waals surface area contributed by atoms with E-state index in [4.69, 9.17) is 11.6 Å². The molecule has 0 unspecified atom stereocenters. The fourth-order valence-electron chi connectivity index (χ4n) is 1.31. The summed E-state index contributed by atoms with van der Waals surface area (Å²) in [4.78, 5) is 4.06. The van der Waals surface area contributed by atoms with Crippen LogP contribution in [0, 0.1) is 0 Å². The van der Waals surface area contributed by atoms with Crippen molar-refractivity contribution >= 4 is 39.7 Å². The summed E-state index contributed by atoms with van der Waals surface area (Å²) in [6, 6.07) is 12.0. The van der Waals surface area contributed by atoms with Gasteiger partial charge >= 0.3 is 0 Å². The molecule has 0 radical (unpaired) electrons. The highest BCUT2D eigenvalue weighted by molar-refractivity contribution is 9.10. The Morgan fingerprint density at radius 2 is 1.88 bits per heavy atom. The lowest BCUT2D eigenvalue weighted by Gasteiger charge is -1.98. The first kappa shape index (κ1) is 11.4. The molecule has 0 atom stereocenters. The summed E-state index contributed by atoms with van der Waals surface area (Å²) < 4.78 is 0.921. The van der Waals surface area contributed by atoms with Gasteiger partial charge in [-0.05, 0) is 27.6 Å². The van der Waals surface area contributed by atoms with Crippen LogP contribution < -0.4 is 0 Å². The van der Waals surface area contributed by atoms with Gasteiger partial charge < -0.3 is 0 Å². The number of aromatic nitrogens is 1. The van der Waals surface area contributed by atoms with Crippen molar-refractivity contribution in [3.63, 3.8) is 0 Å². The summed E-state index contributed by atoms with van der Waals surface area (Å²) in [5.74, 6) is 0. The van der Waals surface area contributed by atoms with Gasteiger partial charge in [0, 0.05) is 16.2 Å². The third-order valence-corrected chi connectivity index (χ3v) is 2.84. The Labute approximate surface area is 108 Å². The molecule has 0 amide bonds. The highest BCUT2D eigenvalue weighted by atomic mass is 79.9. The average Bonchev–Trinajstić information content (AvgIpc) is 2.32. The predicted molar refractivity (Wildman–Crippen MR) is 72.3 cm³/mol. The summed E-state index contributed by atoms with van der Waals surface area (Å²) >= 11 is 9.35. The van der Waals surface area contributed by atoms with E-state index >= 15 is 0 Å². The molecule has 0 saturated heterocycles. The molecule has 3 heteroatoms. The van der Waals surface area contributed by atoms with Gasteiger partial charge in [0.15, 0.2) is 0 Å². The number of hydrogen-bond acceptors (Lipinski definition) is 1. The first-order chi connectivity index (χ1) is 7.75. The normalized spacial score (nSPS) is 10.9. The van der Waals surface area contributed by atoms with Crippen molar-refractivity contribution < 1.29 is 0 Å². The van der Waals surface area contributed by atoms with E-state index in [0.717, 1.165) is 15.6 Å². The Bertz CT molecular complexity index is 509. The van der Waals surface area contributed by atoms with Crippen LogP contribution in [0.1, 0.15) is 11.1 Å². The minimum Gasteiger partial charge on any atom is -0.243 e. The molecule has 0 aliphatic rings. The Kier molecular flexibility index (Phi) is 3.75. The maximum atomic E-state index is 5.98. The van der Waals surface area contributed by atoms with Crippen LogP contribution in [0.5, 0.6) is 0 Å². The van der Waals surface area contributed by atoms with Gasteiger partial charge in [-0.3, -0.25) is 0 Å². The van der Waals surface area contributed by atoms with Crippen molar-refractivity contribution in [1.29, 1.82) is 0 Å². The highest BCUT2D eigenvalue weighted by Crippen LogP contribution is 2.20. The van der Waals surface area contributed by atoms with Crippen LogP contribution in [-0.2, 0) is 0 Å². The zero-order valence-electron chi connectivity index (χ0n) is 8.40. The van der Waals surface area contributed by atoms with Gasteiger partial charge in [0.05, 0.1) is 0 Å². The summed E-state index contributed by atoms with van der Waals surface area (Å²) in [6.45, 7) is 0. The van der Waals surface area contributed by atoms with Crippen LogP contribution in [0.3, 0.4) is 0 Å². The van der Waals surface area contributed by atoms with Gasteiger partial charge in [0.2, 0.25) is 0 Å². The van der Waals surface area contributed by atoms with Gasteiger partial charge in [-0.15, -0.1) is 0 Å². The standard InChI is InChI=1S/C13H9BrClN/c14-12-8-11(13(15)16-9-12)7-6-10-4-2-1-3-5-10/h1-9H/b7-6+. The smallest absolute Gasteiger partial charge is 0.136 e. The Balaban J connectivity index is 2.27. The second-order valence-corrected chi connectivity index (χ2v) is 4.55. The number of benzene rings is 1. The molecule has 16 heavy (non-hydrogen) atoms. The molecule has 80 valence electrons. The molecule has 0 N–H and O–H groups in total. The average molecular weight is 295 g/mol. The van der Waals surface area contributed by atoms with Crippen LogP contribution in [0.15, 0.2) is 47.1 Å². The first-order valence-electron chi connectivity index (χ1n) is 4.80. The summed E-state index contributed by atoms with van der Waals surface area (Å²) in [5.41, 5.74) is 2.04. The summed E-state index contributed by atoms with van der Waals surface area (Å²) in [5, 5.41) is 0.510. The number of nitrogens with zero attached hydrogens (tertiary/aromatic N) is 1. The molecule has 0 bridgehead atoms. The minimum absolute atomic E-state index is 0.510. The zero-order valence-corrected chi connectivity index (χ0v) is 10.7. The molecule has 1 nitrogen and oxygen atoms in total. The van der Waals surface area contributed by atoms with E-state index in [9.17, 15) is 0 Å². The molecule has 0 fully saturated rings. The quantitative estimate of drug-likeness (QED) is 0.734. The number of halogens is 2. The Morgan fingerprint density at radius 3 is 2.62 bits per heavy atom. The summed E-state index contributed by atoms with van der Waals surface area (Å²) in [6.07, 6.45) is 5.65. The van der Waals surface area contributed by atoms with E-state index in [1.165, 1.54) is 0 Å². The van der Waals surface area contributed by atoms with Crippen LogP contribution in [0.25, 0.3) is 12.2 Å². The van der Waals surface area contributed by atoms with Crippen molar-refractivity contribution in [2.24, 2.45) is 0 Å². The molecule has 0 aliphatic carbocycles. The lowest BCUT2D eigenvalue weighted by molar-refractivity contribution is 1.30. The SMILES string of the molecule is Clc1ncc(Br)cc1/C=C/c1ccccc1. The van der Waals surface area contributed by atoms with Crippen molar-refractivity contribution in [2.45, 2.75) is 0 Å². The molecule has 0 saturated carbocycles. The third-order valence-electron chi connectivity index (χ3n) is 2.09. The van der Waals surface area contributed by atoms with Gasteiger partial charge in [-0.25, -0.2) is 4.98 Å². The van der Waals surface area contributed by atoms with Crippen LogP contribution in [-0.4, -0.2) is 4.98 Å². The largest absolute Gasteiger partial charge is 0.243 e. The maximum Gasteiger partial charge on any atom is 0.136 e. The predicted octanol–water partition coefficient (Wildman–Crippen LogP) is 4.67. The topological polar surface area (TPSA) is 12.9 Å². The lowest BCUT2D eigenvalue weighted by atomic mass is 10.2.